The topological polar surface area (TPSA) is 84.9 Å². The minimum atomic E-state index is -1.71. The van der Waals surface area contributed by atoms with Crippen molar-refractivity contribution in [3.63, 3.8) is 0 Å². The molecule has 0 saturated carbocycles. The van der Waals surface area contributed by atoms with Crippen molar-refractivity contribution in [1.82, 2.24) is 5.32 Å². The number of benzene rings is 2. The number of alkyl carbamates (subject to hydrolysis) is 1. The summed E-state index contributed by atoms with van der Waals surface area (Å²) in [5.74, 6) is -1.03. The van der Waals surface area contributed by atoms with Crippen molar-refractivity contribution in [3.05, 3.63) is 71.8 Å². The molecule has 0 saturated heterocycles. The van der Waals surface area contributed by atoms with Crippen LogP contribution in [-0.4, -0.2) is 34.4 Å². The van der Waals surface area contributed by atoms with Crippen molar-refractivity contribution >= 4 is 12.1 Å². The zero-order valence-corrected chi connectivity index (χ0v) is 18.9. The Balaban J connectivity index is 2.36. The number of hydrogen-bond acceptors (Lipinski definition) is 5. The molecule has 0 aliphatic carbocycles. The zero-order chi connectivity index (χ0) is 23.1. The fourth-order valence-electron chi connectivity index (χ4n) is 3.26. The van der Waals surface area contributed by atoms with Crippen LogP contribution in [0.15, 0.2) is 60.7 Å². The number of carbonyl (C=O) groups is 2. The SMILES string of the molecule is CC(C)[C@@H](O)[C@@](Cc1ccccc1)(NC(=O)OCc1ccccc1)C(=O)OC(C)(C)C. The number of hydrogen-bond donors (Lipinski definition) is 2. The molecule has 0 aromatic heterocycles. The summed E-state index contributed by atoms with van der Waals surface area (Å²) in [4.78, 5) is 26.2. The van der Waals surface area contributed by atoms with Gasteiger partial charge in [-0.2, -0.15) is 0 Å². The number of ether oxygens (including phenoxy) is 2. The molecule has 6 nitrogen and oxygen atoms in total. The number of esters is 1. The van der Waals surface area contributed by atoms with Gasteiger partial charge in [0.1, 0.15) is 12.2 Å². The van der Waals surface area contributed by atoms with Crippen LogP contribution in [0.4, 0.5) is 4.79 Å². The van der Waals surface area contributed by atoms with Crippen LogP contribution in [0, 0.1) is 5.92 Å². The van der Waals surface area contributed by atoms with E-state index in [-0.39, 0.29) is 18.9 Å². The molecule has 2 atom stereocenters. The Morgan fingerprint density at radius 3 is 1.94 bits per heavy atom. The van der Waals surface area contributed by atoms with Crippen LogP contribution < -0.4 is 5.32 Å². The number of aliphatic hydroxyl groups is 1. The molecular weight excluding hydrogens is 394 g/mol. The van der Waals surface area contributed by atoms with Gasteiger partial charge in [0.2, 0.25) is 0 Å². The van der Waals surface area contributed by atoms with E-state index in [1.165, 1.54) is 0 Å². The maximum Gasteiger partial charge on any atom is 0.408 e. The van der Waals surface area contributed by atoms with Crippen molar-refractivity contribution in [1.29, 1.82) is 0 Å². The molecule has 2 aromatic rings. The van der Waals surface area contributed by atoms with Gasteiger partial charge < -0.3 is 19.9 Å². The first kappa shape index (κ1) is 24.4. The maximum absolute atomic E-state index is 13.4. The Morgan fingerprint density at radius 2 is 1.45 bits per heavy atom. The lowest BCUT2D eigenvalue weighted by molar-refractivity contribution is -0.170. The molecule has 0 spiro atoms. The highest BCUT2D eigenvalue weighted by molar-refractivity contribution is 5.87. The van der Waals surface area contributed by atoms with Crippen molar-refractivity contribution in [2.24, 2.45) is 5.92 Å². The van der Waals surface area contributed by atoms with Gasteiger partial charge in [-0.25, -0.2) is 9.59 Å². The Bertz CT molecular complexity index is 845. The second-order valence-electron chi connectivity index (χ2n) is 9.01. The first-order valence-electron chi connectivity index (χ1n) is 10.5. The molecule has 0 unspecified atom stereocenters. The summed E-state index contributed by atoms with van der Waals surface area (Å²) in [5.41, 5.74) is -0.925. The third kappa shape index (κ3) is 7.10. The second-order valence-corrected chi connectivity index (χ2v) is 9.01. The van der Waals surface area contributed by atoms with Crippen molar-refractivity contribution < 1.29 is 24.2 Å². The summed E-state index contributed by atoms with van der Waals surface area (Å²) in [6.45, 7) is 8.84. The van der Waals surface area contributed by atoms with Gasteiger partial charge in [-0.1, -0.05) is 74.5 Å². The largest absolute Gasteiger partial charge is 0.458 e. The predicted molar refractivity (Wildman–Crippen MR) is 119 cm³/mol. The lowest BCUT2D eigenvalue weighted by Crippen LogP contribution is -2.66. The van der Waals surface area contributed by atoms with Gasteiger partial charge >= 0.3 is 12.1 Å². The van der Waals surface area contributed by atoms with E-state index in [1.54, 1.807) is 34.6 Å². The summed E-state index contributed by atoms with van der Waals surface area (Å²) in [6, 6.07) is 18.4. The Hall–Kier alpha value is -2.86. The normalized spacial score (nSPS) is 14.4. The van der Waals surface area contributed by atoms with Gasteiger partial charge in [0.25, 0.3) is 0 Å². The molecule has 31 heavy (non-hydrogen) atoms. The minimum absolute atomic E-state index is 0.0418. The highest BCUT2D eigenvalue weighted by Gasteiger charge is 2.50. The number of amides is 1. The zero-order valence-electron chi connectivity index (χ0n) is 18.9. The number of aliphatic hydroxyl groups excluding tert-OH is 1. The molecule has 168 valence electrons. The molecule has 1 amide bonds. The summed E-state index contributed by atoms with van der Waals surface area (Å²) < 4.78 is 11.0. The number of nitrogens with one attached hydrogen (secondary N) is 1. The highest BCUT2D eigenvalue weighted by Crippen LogP contribution is 2.27. The Kier molecular flexibility index (Phi) is 8.22. The van der Waals surface area contributed by atoms with E-state index in [0.717, 1.165) is 11.1 Å². The summed E-state index contributed by atoms with van der Waals surface area (Å²) in [7, 11) is 0. The molecule has 0 radical (unpaired) electrons. The molecule has 0 aliphatic heterocycles. The molecule has 2 aromatic carbocycles. The van der Waals surface area contributed by atoms with Gasteiger partial charge in [0.15, 0.2) is 5.54 Å². The first-order chi connectivity index (χ1) is 14.5. The lowest BCUT2D eigenvalue weighted by atomic mass is 9.80. The smallest absolute Gasteiger partial charge is 0.408 e. The summed E-state index contributed by atoms with van der Waals surface area (Å²) in [6.07, 6.45) is -1.94. The standard InChI is InChI=1S/C25H33NO5/c1-18(2)21(27)25(22(28)31-24(3,4)5,16-19-12-8-6-9-13-19)26-23(29)30-17-20-14-10-7-11-15-20/h6-15,18,21,27H,16-17H2,1-5H3,(H,26,29)/t21-,25-/m1/s1. The van der Waals surface area contributed by atoms with Crippen LogP contribution in [0.5, 0.6) is 0 Å². The first-order valence-corrected chi connectivity index (χ1v) is 10.5. The van der Waals surface area contributed by atoms with Crippen molar-refractivity contribution in [2.45, 2.75) is 64.9 Å². The third-order valence-electron chi connectivity index (χ3n) is 4.76. The highest BCUT2D eigenvalue weighted by atomic mass is 16.6. The molecule has 0 heterocycles. The average Bonchev–Trinajstić information content (AvgIpc) is 2.71. The molecule has 2 N–H and O–H groups in total. The fraction of sp³-hybridized carbons (Fsp3) is 0.440. The van der Waals surface area contributed by atoms with Gasteiger partial charge in [-0.15, -0.1) is 0 Å². The van der Waals surface area contributed by atoms with Crippen LogP contribution >= 0.6 is 0 Å². The van der Waals surface area contributed by atoms with Gasteiger partial charge in [0, 0.05) is 6.42 Å². The molecular formula is C25H33NO5. The summed E-state index contributed by atoms with van der Waals surface area (Å²) in [5, 5.41) is 13.8. The van der Waals surface area contributed by atoms with Crippen molar-refractivity contribution in [3.8, 4) is 0 Å². The van der Waals surface area contributed by atoms with Crippen LogP contribution in [0.1, 0.15) is 45.7 Å². The molecule has 2 rings (SSSR count). The molecule has 0 fully saturated rings. The molecule has 6 heteroatoms. The van der Waals surface area contributed by atoms with E-state index in [9.17, 15) is 14.7 Å². The molecule has 0 bridgehead atoms. The van der Waals surface area contributed by atoms with Crippen LogP contribution in [-0.2, 0) is 27.3 Å². The van der Waals surface area contributed by atoms with Crippen LogP contribution in [0.3, 0.4) is 0 Å². The van der Waals surface area contributed by atoms with E-state index < -0.39 is 29.3 Å². The molecule has 0 aliphatic rings. The lowest BCUT2D eigenvalue weighted by Gasteiger charge is -2.39. The van der Waals surface area contributed by atoms with Gasteiger partial charge in [-0.3, -0.25) is 0 Å². The fourth-order valence-corrected chi connectivity index (χ4v) is 3.26. The van der Waals surface area contributed by atoms with Crippen molar-refractivity contribution in [2.75, 3.05) is 0 Å². The average molecular weight is 428 g/mol. The van der Waals surface area contributed by atoms with E-state index in [0.29, 0.717) is 0 Å². The third-order valence-corrected chi connectivity index (χ3v) is 4.76. The van der Waals surface area contributed by atoms with Gasteiger partial charge in [-0.05, 0) is 37.8 Å². The quantitative estimate of drug-likeness (QED) is 0.615. The van der Waals surface area contributed by atoms with Gasteiger partial charge in [0.05, 0.1) is 6.10 Å². The number of rotatable bonds is 8. The van der Waals surface area contributed by atoms with Crippen LogP contribution in [0.2, 0.25) is 0 Å². The maximum atomic E-state index is 13.4. The number of carbonyl (C=O) groups excluding carboxylic acids is 2. The summed E-state index contributed by atoms with van der Waals surface area (Å²) >= 11 is 0. The Labute approximate surface area is 184 Å². The predicted octanol–water partition coefficient (Wildman–Crippen LogP) is 4.25. The van der Waals surface area contributed by atoms with E-state index in [4.69, 9.17) is 9.47 Å². The minimum Gasteiger partial charge on any atom is -0.458 e. The monoisotopic (exact) mass is 427 g/mol. The Morgan fingerprint density at radius 1 is 0.935 bits per heavy atom. The van der Waals surface area contributed by atoms with Crippen LogP contribution in [0.25, 0.3) is 0 Å². The van der Waals surface area contributed by atoms with E-state index in [1.807, 2.05) is 60.7 Å². The van der Waals surface area contributed by atoms with E-state index >= 15 is 0 Å². The van der Waals surface area contributed by atoms with E-state index in [2.05, 4.69) is 5.32 Å². The second kappa shape index (κ2) is 10.4.